The van der Waals surface area contributed by atoms with Gasteiger partial charge in [0.15, 0.2) is 0 Å². The van der Waals surface area contributed by atoms with E-state index in [9.17, 15) is 0 Å². The van der Waals surface area contributed by atoms with Crippen LogP contribution in [0.4, 0.5) is 0 Å². The van der Waals surface area contributed by atoms with Crippen LogP contribution in [0.2, 0.25) is 0 Å². The van der Waals surface area contributed by atoms with E-state index in [1.807, 2.05) is 0 Å². The van der Waals surface area contributed by atoms with Crippen LogP contribution in [0, 0.1) is 0 Å². The van der Waals surface area contributed by atoms with Crippen LogP contribution in [-0.4, -0.2) is 12.0 Å². The molecule has 0 aliphatic heterocycles. The summed E-state index contributed by atoms with van der Waals surface area (Å²) in [4.78, 5) is 0. The Morgan fingerprint density at radius 1 is 0.727 bits per heavy atom. The molecule has 0 aliphatic rings. The predicted octanol–water partition coefficient (Wildman–Crippen LogP) is 3.36. The molecule has 0 saturated carbocycles. The lowest BCUT2D eigenvalue weighted by Crippen LogP contribution is -3.00. The van der Waals surface area contributed by atoms with Gasteiger partial charge in [-0.25, -0.2) is 0 Å². The summed E-state index contributed by atoms with van der Waals surface area (Å²) in [6.45, 7) is 2.29. The van der Waals surface area contributed by atoms with Gasteiger partial charge in [0.05, 0.1) is 6.26 Å². The molecule has 1 rings (SSSR count). The summed E-state index contributed by atoms with van der Waals surface area (Å²) in [6.07, 6.45) is 16.9. The van der Waals surface area contributed by atoms with E-state index in [1.165, 1.54) is 81.3 Å². The summed E-state index contributed by atoms with van der Waals surface area (Å²) in [5.74, 6) is 2.70. The Labute approximate surface area is 159 Å². The summed E-state index contributed by atoms with van der Waals surface area (Å²) >= 11 is 0. The van der Waals surface area contributed by atoms with Gasteiger partial charge in [0.1, 0.15) is 11.5 Å². The van der Waals surface area contributed by atoms with Crippen LogP contribution in [0.3, 0.4) is 0 Å². The normalized spacial score (nSPS) is 11.9. The van der Waals surface area contributed by atoms with E-state index in [-0.39, 0.29) is 24.0 Å². The number of benzene rings is 1. The molecule has 0 amide bonds. The summed E-state index contributed by atoms with van der Waals surface area (Å²) in [5.41, 5.74) is 1.51. The monoisotopic (exact) mass is 434 g/mol. The van der Waals surface area contributed by atoms with Gasteiger partial charge in [0.25, 0.3) is 0 Å². The quantitative estimate of drug-likeness (QED) is 0.254. The first kappa shape index (κ1) is 22.3. The molecule has 0 fully saturated rings. The highest BCUT2D eigenvalue weighted by molar-refractivity contribution is 7.95. The lowest BCUT2D eigenvalue weighted by atomic mass is 10.1. The van der Waals surface area contributed by atoms with Crippen LogP contribution in [0.25, 0.3) is 0 Å². The molecule has 0 saturated heterocycles. The van der Waals surface area contributed by atoms with E-state index in [2.05, 4.69) is 43.5 Å². The molecule has 0 bridgehead atoms. The first-order valence-electron chi connectivity index (χ1n) is 8.96. The second kappa shape index (κ2) is 16.2. The predicted molar refractivity (Wildman–Crippen MR) is 100 cm³/mol. The highest BCUT2D eigenvalue weighted by Gasteiger charge is 2.10. The molecule has 0 heterocycles. The molecule has 1 atom stereocenters. The minimum absolute atomic E-state index is 0. The summed E-state index contributed by atoms with van der Waals surface area (Å²) in [5, 5.41) is 0. The number of unbranched alkanes of at least 4 members (excludes halogenated alkanes) is 9. The fourth-order valence-electron chi connectivity index (χ4n) is 2.77. The van der Waals surface area contributed by atoms with Crippen LogP contribution in [0.15, 0.2) is 30.3 Å². The summed E-state index contributed by atoms with van der Waals surface area (Å²) < 4.78 is 0. The van der Waals surface area contributed by atoms with Crippen molar-refractivity contribution in [3.63, 3.8) is 0 Å². The molecule has 0 N–H and O–H groups in total. The SMILES string of the molecule is CCCCCCCCCCCC[S+](C)Cc1ccccc1.[I-]. The molecule has 0 aliphatic carbocycles. The molecule has 1 aromatic carbocycles. The van der Waals surface area contributed by atoms with Crippen molar-refractivity contribution in [1.82, 2.24) is 0 Å². The smallest absolute Gasteiger partial charge is 0.132 e. The maximum absolute atomic E-state index is 2.43. The van der Waals surface area contributed by atoms with Gasteiger partial charge in [0, 0.05) is 5.56 Å². The second-order valence-electron chi connectivity index (χ2n) is 6.30. The average Bonchev–Trinajstić information content (AvgIpc) is 2.50. The molecule has 22 heavy (non-hydrogen) atoms. The van der Waals surface area contributed by atoms with Gasteiger partial charge in [0.2, 0.25) is 0 Å². The molecule has 1 aromatic rings. The minimum Gasteiger partial charge on any atom is -1.00 e. The molecule has 0 aromatic heterocycles. The Hall–Kier alpha value is 0.300. The maximum atomic E-state index is 2.43. The Kier molecular flexibility index (Phi) is 16.4. The molecule has 128 valence electrons. The third-order valence-corrected chi connectivity index (χ3v) is 5.91. The van der Waals surface area contributed by atoms with Crippen molar-refractivity contribution in [3.8, 4) is 0 Å². The van der Waals surface area contributed by atoms with E-state index < -0.39 is 0 Å². The zero-order chi connectivity index (χ0) is 15.2. The number of hydrogen-bond acceptors (Lipinski definition) is 0. The third-order valence-electron chi connectivity index (χ3n) is 4.10. The lowest BCUT2D eigenvalue weighted by molar-refractivity contribution is -0.00000463. The number of hydrogen-bond donors (Lipinski definition) is 0. The lowest BCUT2D eigenvalue weighted by Gasteiger charge is -2.04. The van der Waals surface area contributed by atoms with E-state index >= 15 is 0 Å². The van der Waals surface area contributed by atoms with Gasteiger partial charge in [-0.2, -0.15) is 0 Å². The molecule has 0 radical (unpaired) electrons. The van der Waals surface area contributed by atoms with E-state index in [0.717, 1.165) is 0 Å². The Bertz CT molecular complexity index is 326. The van der Waals surface area contributed by atoms with E-state index in [1.54, 1.807) is 0 Å². The van der Waals surface area contributed by atoms with Crippen molar-refractivity contribution in [1.29, 1.82) is 0 Å². The van der Waals surface area contributed by atoms with Crippen LogP contribution >= 0.6 is 0 Å². The van der Waals surface area contributed by atoms with Gasteiger partial charge in [-0.15, -0.1) is 0 Å². The highest BCUT2D eigenvalue weighted by atomic mass is 127. The molecule has 1 unspecified atom stereocenters. The fourth-order valence-corrected chi connectivity index (χ4v) is 4.37. The molecule has 2 heteroatoms. The first-order valence-corrected chi connectivity index (χ1v) is 10.9. The summed E-state index contributed by atoms with van der Waals surface area (Å²) in [7, 11) is 0.566. The first-order chi connectivity index (χ1) is 10.3. The van der Waals surface area contributed by atoms with Crippen molar-refractivity contribution in [2.75, 3.05) is 12.0 Å². The van der Waals surface area contributed by atoms with Crippen molar-refractivity contribution in [2.24, 2.45) is 0 Å². The molecular weight excluding hydrogens is 399 g/mol. The second-order valence-corrected chi connectivity index (χ2v) is 8.56. The number of rotatable bonds is 13. The molecule has 0 nitrogen and oxygen atoms in total. The van der Waals surface area contributed by atoms with Crippen LogP contribution in [0.5, 0.6) is 0 Å². The van der Waals surface area contributed by atoms with E-state index in [4.69, 9.17) is 0 Å². The zero-order valence-electron chi connectivity index (χ0n) is 14.7. The zero-order valence-corrected chi connectivity index (χ0v) is 17.6. The van der Waals surface area contributed by atoms with Crippen LogP contribution in [-0.2, 0) is 16.6 Å². The standard InChI is InChI=1S/C20H35S.HI/c1-3-4-5-6-7-8-9-10-11-15-18-21(2)19-20-16-13-12-14-17-20;/h12-14,16-17H,3-11,15,18-19H2,1-2H3;1H/q+1;/p-1. The van der Waals surface area contributed by atoms with Gasteiger partial charge in [-0.3, -0.25) is 0 Å². The Morgan fingerprint density at radius 2 is 1.23 bits per heavy atom. The maximum Gasteiger partial charge on any atom is 0.132 e. The van der Waals surface area contributed by atoms with Crippen LogP contribution in [0.1, 0.15) is 76.7 Å². The van der Waals surface area contributed by atoms with E-state index in [0.29, 0.717) is 10.9 Å². The fraction of sp³-hybridized carbons (Fsp3) is 0.700. The summed E-state index contributed by atoms with van der Waals surface area (Å²) in [6, 6.07) is 11.0. The topological polar surface area (TPSA) is 0 Å². The molecule has 0 spiro atoms. The van der Waals surface area contributed by atoms with Crippen molar-refractivity contribution in [3.05, 3.63) is 35.9 Å². The van der Waals surface area contributed by atoms with Crippen molar-refractivity contribution in [2.45, 2.75) is 76.9 Å². The molecular formula is C20H35IS. The Morgan fingerprint density at radius 3 is 1.77 bits per heavy atom. The third kappa shape index (κ3) is 12.8. The van der Waals surface area contributed by atoms with Gasteiger partial charge in [-0.1, -0.05) is 88.6 Å². The van der Waals surface area contributed by atoms with Gasteiger partial charge in [-0.05, 0) is 23.7 Å². The Balaban J connectivity index is 0.00000441. The highest BCUT2D eigenvalue weighted by Crippen LogP contribution is 2.12. The van der Waals surface area contributed by atoms with Gasteiger partial charge < -0.3 is 24.0 Å². The van der Waals surface area contributed by atoms with Gasteiger partial charge >= 0.3 is 0 Å². The minimum atomic E-state index is 0. The average molecular weight is 434 g/mol. The van der Waals surface area contributed by atoms with Crippen molar-refractivity contribution < 1.29 is 24.0 Å². The van der Waals surface area contributed by atoms with Crippen LogP contribution < -0.4 is 24.0 Å². The number of halogens is 1. The van der Waals surface area contributed by atoms with Crippen molar-refractivity contribution >= 4 is 10.9 Å². The largest absolute Gasteiger partial charge is 1.00 e.